The Bertz CT molecular complexity index is 1110. The fourth-order valence-corrected chi connectivity index (χ4v) is 4.47. The predicted octanol–water partition coefficient (Wildman–Crippen LogP) is 3.55. The number of ether oxygens (including phenoxy) is 2. The Labute approximate surface area is 212 Å². The fraction of sp³-hybridized carbons (Fsp3) is 0.280. The van der Waals surface area contributed by atoms with Crippen LogP contribution in [0, 0.1) is 0 Å². The van der Waals surface area contributed by atoms with Gasteiger partial charge in [0.05, 0.1) is 11.4 Å². The Morgan fingerprint density at radius 1 is 1.17 bits per heavy atom. The summed E-state index contributed by atoms with van der Waals surface area (Å²) < 4.78 is 11.3. The lowest BCUT2D eigenvalue weighted by atomic mass is 10.0. The first-order valence-corrected chi connectivity index (χ1v) is 11.7. The van der Waals surface area contributed by atoms with Crippen LogP contribution in [-0.2, 0) is 28.7 Å². The van der Waals surface area contributed by atoms with E-state index in [1.165, 1.54) is 0 Å². The van der Waals surface area contributed by atoms with Gasteiger partial charge in [0.15, 0.2) is 6.10 Å². The summed E-state index contributed by atoms with van der Waals surface area (Å²) in [6, 6.07) is 17.4. The van der Waals surface area contributed by atoms with Gasteiger partial charge in [0.25, 0.3) is 5.91 Å². The summed E-state index contributed by atoms with van der Waals surface area (Å²) in [5, 5.41) is 3.95. The molecular weight excluding hydrogens is 492 g/mol. The number of thiocarbonyl (C=S) groups is 1. The van der Waals surface area contributed by atoms with Crippen LogP contribution < -0.4 is 5.32 Å². The molecule has 2 aliphatic rings. The van der Waals surface area contributed by atoms with E-state index in [-0.39, 0.29) is 25.9 Å². The van der Waals surface area contributed by atoms with E-state index in [9.17, 15) is 14.4 Å². The van der Waals surface area contributed by atoms with Crippen LogP contribution in [0.25, 0.3) is 0 Å². The smallest absolute Gasteiger partial charge is 0.376 e. The van der Waals surface area contributed by atoms with E-state index in [1.54, 1.807) is 0 Å². The summed E-state index contributed by atoms with van der Waals surface area (Å²) in [5.41, 5.74) is -0.623. The molecule has 0 aromatic heterocycles. The lowest BCUT2D eigenvalue weighted by molar-refractivity contribution is -0.260. The monoisotopic (exact) mass is 514 g/mol. The van der Waals surface area contributed by atoms with Crippen molar-refractivity contribution in [3.05, 3.63) is 83.4 Å². The number of nitrogens with one attached hydrogen (secondary N) is 1. The summed E-state index contributed by atoms with van der Waals surface area (Å²) in [4.78, 5) is 44.8. The Morgan fingerprint density at radius 3 is 2.29 bits per heavy atom. The first kappa shape index (κ1) is 24.8. The third kappa shape index (κ3) is 5.37. The van der Waals surface area contributed by atoms with Gasteiger partial charge in [-0.15, -0.1) is 0 Å². The lowest BCUT2D eigenvalue weighted by Gasteiger charge is -2.34. The van der Waals surface area contributed by atoms with Gasteiger partial charge >= 0.3 is 17.7 Å². The molecule has 2 fully saturated rings. The maximum atomic E-state index is 13.6. The normalized spacial score (nSPS) is 21.7. The van der Waals surface area contributed by atoms with E-state index in [0.717, 1.165) is 5.06 Å². The highest BCUT2D eigenvalue weighted by Gasteiger charge is 2.60. The molecule has 0 radical (unpaired) electrons. The number of carbonyl (C=O) groups is 3. The van der Waals surface area contributed by atoms with Crippen LogP contribution in [0.5, 0.6) is 0 Å². The molecule has 1 unspecified atom stereocenters. The summed E-state index contributed by atoms with van der Waals surface area (Å²) in [6.45, 7) is 3.46. The highest BCUT2D eigenvalue weighted by Crippen LogP contribution is 2.37. The van der Waals surface area contributed by atoms with Crippen molar-refractivity contribution < 1.29 is 28.7 Å². The van der Waals surface area contributed by atoms with E-state index in [2.05, 4.69) is 11.9 Å². The van der Waals surface area contributed by atoms with Gasteiger partial charge in [-0.25, -0.2) is 4.79 Å². The molecule has 2 saturated heterocycles. The van der Waals surface area contributed by atoms with E-state index in [0.29, 0.717) is 21.1 Å². The number of hydroxylamine groups is 2. The number of hydrogen-bond acceptors (Lipinski definition) is 7. The minimum absolute atomic E-state index is 0.0772. The van der Waals surface area contributed by atoms with Gasteiger partial charge in [-0.2, -0.15) is 5.06 Å². The summed E-state index contributed by atoms with van der Waals surface area (Å²) >= 11 is 11.0. The van der Waals surface area contributed by atoms with E-state index in [1.807, 2.05) is 60.7 Å². The predicted molar refractivity (Wildman–Crippen MR) is 131 cm³/mol. The van der Waals surface area contributed by atoms with Crippen molar-refractivity contribution in [3.63, 3.8) is 0 Å². The molecule has 4 rings (SSSR count). The van der Waals surface area contributed by atoms with E-state index < -0.39 is 35.7 Å². The number of nitrogens with zero attached hydrogens (tertiary/aromatic N) is 1. The molecule has 1 N–H and O–H groups in total. The zero-order valence-corrected chi connectivity index (χ0v) is 20.2. The van der Waals surface area contributed by atoms with Crippen molar-refractivity contribution in [1.29, 1.82) is 0 Å². The van der Waals surface area contributed by atoms with Crippen molar-refractivity contribution in [2.24, 2.45) is 0 Å². The molecule has 2 heterocycles. The van der Waals surface area contributed by atoms with Gasteiger partial charge in [0, 0.05) is 17.9 Å². The maximum absolute atomic E-state index is 13.6. The molecule has 0 aliphatic carbocycles. The number of carbonyl (C=O) groups excluding carboxylic acids is 3. The molecule has 182 valence electrons. The molecule has 0 spiro atoms. The van der Waals surface area contributed by atoms with Crippen molar-refractivity contribution in [3.8, 4) is 0 Å². The molecule has 35 heavy (non-hydrogen) atoms. The summed E-state index contributed by atoms with van der Waals surface area (Å²) in [5.74, 6) is -2.17. The minimum Gasteiger partial charge on any atom is -0.448 e. The topological polar surface area (TPSA) is 94.2 Å². The number of benzene rings is 2. The Balaban J connectivity index is 1.60. The van der Waals surface area contributed by atoms with Crippen LogP contribution in [0.2, 0.25) is 0 Å². The molecular formula is C25H23ClN2O6S. The summed E-state index contributed by atoms with van der Waals surface area (Å²) in [7, 11) is 0. The summed E-state index contributed by atoms with van der Waals surface area (Å²) in [6.07, 6.45) is -0.803. The average Bonchev–Trinajstić information content (AvgIpc) is 3.41. The number of esters is 2. The van der Waals surface area contributed by atoms with Gasteiger partial charge in [-0.1, -0.05) is 91.1 Å². The van der Waals surface area contributed by atoms with Gasteiger partial charge in [-0.05, 0) is 11.1 Å². The molecule has 2 aromatic rings. The third-order valence-corrected chi connectivity index (χ3v) is 5.98. The molecule has 1 amide bonds. The maximum Gasteiger partial charge on any atom is 0.376 e. The molecule has 0 saturated carbocycles. The van der Waals surface area contributed by atoms with Crippen LogP contribution in [-0.4, -0.2) is 46.3 Å². The highest BCUT2D eigenvalue weighted by molar-refractivity contribution is 7.80. The third-order valence-electron chi connectivity index (χ3n) is 5.58. The zero-order valence-electron chi connectivity index (χ0n) is 18.6. The van der Waals surface area contributed by atoms with Crippen LogP contribution in [0.4, 0.5) is 0 Å². The molecule has 2 atom stereocenters. The minimum atomic E-state index is -2.05. The second-order valence-corrected chi connectivity index (χ2v) is 9.14. The number of hydrogen-bond donors (Lipinski definition) is 1. The van der Waals surface area contributed by atoms with Crippen LogP contribution in [0.15, 0.2) is 72.3 Å². The first-order valence-electron chi connectivity index (χ1n) is 10.9. The standard InChI is InChI=1S/C25H23ClN2O6S/c1-16(26)14-20(35)27-19-15-32-28(23(19)30)25(13-12-21(29)34-25)24(31)33-22(17-8-4-2-5-9-17)18-10-6-3-7-11-18/h2-11,19,22H,1,12-15H2,(H,27,35)/t19-,25?/m0/s1. The van der Waals surface area contributed by atoms with Crippen molar-refractivity contribution >= 4 is 46.7 Å². The average molecular weight is 515 g/mol. The molecule has 10 heteroatoms. The number of halogens is 1. The highest BCUT2D eigenvalue weighted by atomic mass is 35.5. The molecule has 2 aromatic carbocycles. The SMILES string of the molecule is C=C(Cl)CC(=S)N[C@H]1CON(C2(C(=O)OC(c3ccccc3)c3ccccc3)CCC(=O)O2)C1=O. The molecule has 2 aliphatic heterocycles. The first-order chi connectivity index (χ1) is 16.8. The number of rotatable bonds is 8. The van der Waals surface area contributed by atoms with E-state index >= 15 is 0 Å². The second kappa shape index (κ2) is 10.6. The fourth-order valence-electron chi connectivity index (χ4n) is 3.95. The quantitative estimate of drug-likeness (QED) is 0.422. The van der Waals surface area contributed by atoms with Crippen LogP contribution in [0.1, 0.15) is 36.5 Å². The van der Waals surface area contributed by atoms with Gasteiger partial charge < -0.3 is 14.8 Å². The van der Waals surface area contributed by atoms with Crippen molar-refractivity contribution in [2.75, 3.05) is 6.61 Å². The zero-order chi connectivity index (χ0) is 25.0. The van der Waals surface area contributed by atoms with E-state index in [4.69, 9.17) is 38.1 Å². The number of cyclic esters (lactones) is 1. The largest absolute Gasteiger partial charge is 0.448 e. The van der Waals surface area contributed by atoms with Crippen LogP contribution in [0.3, 0.4) is 0 Å². The molecule has 8 nitrogen and oxygen atoms in total. The number of amides is 1. The van der Waals surface area contributed by atoms with Crippen molar-refractivity contribution in [1.82, 2.24) is 10.4 Å². The second-order valence-electron chi connectivity index (χ2n) is 8.11. The lowest BCUT2D eigenvalue weighted by Crippen LogP contribution is -2.57. The van der Waals surface area contributed by atoms with Crippen molar-refractivity contribution in [2.45, 2.75) is 37.1 Å². The Morgan fingerprint density at radius 2 is 1.77 bits per heavy atom. The molecule has 0 bridgehead atoms. The Hall–Kier alpha value is -3.27. The van der Waals surface area contributed by atoms with Gasteiger partial charge in [0.1, 0.15) is 12.6 Å². The van der Waals surface area contributed by atoms with Crippen LogP contribution >= 0.6 is 23.8 Å². The van der Waals surface area contributed by atoms with Gasteiger partial charge in [-0.3, -0.25) is 14.4 Å². The Kier molecular flexibility index (Phi) is 7.49. The van der Waals surface area contributed by atoms with Gasteiger partial charge in [0.2, 0.25) is 0 Å².